The molecule has 0 aliphatic rings. The van der Waals surface area contributed by atoms with Gasteiger partial charge in [0.25, 0.3) is 0 Å². The Balaban J connectivity index is 1.72. The van der Waals surface area contributed by atoms with Crippen molar-refractivity contribution in [1.82, 2.24) is 4.98 Å². The Labute approximate surface area is 170 Å². The van der Waals surface area contributed by atoms with Crippen LogP contribution in [0.4, 0.5) is 0 Å². The molecule has 0 spiro atoms. The van der Waals surface area contributed by atoms with Gasteiger partial charge in [0, 0.05) is 22.5 Å². The summed E-state index contributed by atoms with van der Waals surface area (Å²) < 4.78 is 6.32. The van der Waals surface area contributed by atoms with E-state index in [2.05, 4.69) is 87.5 Å². The molecule has 0 aliphatic heterocycles. The third-order valence-electron chi connectivity index (χ3n) is 5.65. The molecule has 29 heavy (non-hydrogen) atoms. The van der Waals surface area contributed by atoms with Gasteiger partial charge in [-0.05, 0) is 59.4 Å². The van der Waals surface area contributed by atoms with Crippen LogP contribution in [-0.4, -0.2) is 4.98 Å². The van der Waals surface area contributed by atoms with Gasteiger partial charge in [-0.15, -0.1) is 0 Å². The second kappa shape index (κ2) is 6.89. The van der Waals surface area contributed by atoms with Crippen LogP contribution in [0.3, 0.4) is 0 Å². The van der Waals surface area contributed by atoms with Crippen LogP contribution in [0.25, 0.3) is 44.3 Å². The van der Waals surface area contributed by atoms with E-state index in [-0.39, 0.29) is 0 Å². The summed E-state index contributed by atoms with van der Waals surface area (Å²) in [5, 5.41) is 2.27. The number of hydrogen-bond acceptors (Lipinski definition) is 2. The zero-order valence-corrected chi connectivity index (χ0v) is 16.9. The maximum atomic E-state index is 6.32. The highest BCUT2D eigenvalue weighted by Crippen LogP contribution is 2.37. The van der Waals surface area contributed by atoms with E-state index >= 15 is 0 Å². The molecular formula is C27H23NO. The zero-order chi connectivity index (χ0) is 20.0. The molecule has 0 fully saturated rings. The highest BCUT2D eigenvalue weighted by atomic mass is 16.3. The predicted molar refractivity (Wildman–Crippen MR) is 121 cm³/mol. The molecule has 0 aliphatic carbocycles. The van der Waals surface area contributed by atoms with Crippen molar-refractivity contribution in [2.45, 2.75) is 26.7 Å². The average molecular weight is 377 g/mol. The van der Waals surface area contributed by atoms with Crippen molar-refractivity contribution in [3.63, 3.8) is 0 Å². The number of aromatic nitrogens is 1. The summed E-state index contributed by atoms with van der Waals surface area (Å²) in [5.74, 6) is 0.458. The average Bonchev–Trinajstić information content (AvgIpc) is 3.12. The lowest BCUT2D eigenvalue weighted by molar-refractivity contribution is 0.670. The lowest BCUT2D eigenvalue weighted by atomic mass is 9.96. The lowest BCUT2D eigenvalue weighted by Gasteiger charge is -2.11. The van der Waals surface area contributed by atoms with Crippen LogP contribution in [0.1, 0.15) is 30.9 Å². The Bertz CT molecular complexity index is 1330. The van der Waals surface area contributed by atoms with E-state index in [1.54, 1.807) is 0 Å². The van der Waals surface area contributed by atoms with Crippen LogP contribution in [0.15, 0.2) is 83.4 Å². The summed E-state index contributed by atoms with van der Waals surface area (Å²) in [6.07, 6.45) is 1.97. The van der Waals surface area contributed by atoms with Gasteiger partial charge in [-0.3, -0.25) is 4.98 Å². The number of hydrogen-bond donors (Lipinski definition) is 0. The van der Waals surface area contributed by atoms with Gasteiger partial charge >= 0.3 is 0 Å². The molecule has 0 unspecified atom stereocenters. The molecule has 0 radical (unpaired) electrons. The minimum absolute atomic E-state index is 0.458. The summed E-state index contributed by atoms with van der Waals surface area (Å²) >= 11 is 0. The number of furan rings is 1. The first kappa shape index (κ1) is 17.7. The SMILES string of the molecule is Cc1cnc(-c2cccc3c2oc2ccc(-c4ccccc4)cc23)cc1C(C)C. The monoisotopic (exact) mass is 377 g/mol. The molecule has 142 valence electrons. The quantitative estimate of drug-likeness (QED) is 0.321. The standard InChI is InChI=1S/C27H23NO/c1-17(2)23-15-25(28-16-18(23)3)22-11-7-10-21-24-14-20(19-8-5-4-6-9-19)12-13-26(24)29-27(21)22/h4-17H,1-3H3. The van der Waals surface area contributed by atoms with E-state index in [0.29, 0.717) is 5.92 Å². The molecular weight excluding hydrogens is 354 g/mol. The second-order valence-corrected chi connectivity index (χ2v) is 7.94. The van der Waals surface area contributed by atoms with Crippen molar-refractivity contribution in [2.24, 2.45) is 0 Å². The molecule has 0 bridgehead atoms. The van der Waals surface area contributed by atoms with Crippen molar-refractivity contribution in [1.29, 1.82) is 0 Å². The predicted octanol–water partition coefficient (Wildman–Crippen LogP) is 7.75. The van der Waals surface area contributed by atoms with E-state index in [4.69, 9.17) is 9.40 Å². The summed E-state index contributed by atoms with van der Waals surface area (Å²) in [4.78, 5) is 4.72. The molecule has 2 aromatic heterocycles. The normalized spacial score (nSPS) is 11.6. The molecule has 0 N–H and O–H groups in total. The smallest absolute Gasteiger partial charge is 0.144 e. The number of rotatable bonds is 3. The zero-order valence-electron chi connectivity index (χ0n) is 16.9. The van der Waals surface area contributed by atoms with Crippen LogP contribution >= 0.6 is 0 Å². The number of benzene rings is 3. The van der Waals surface area contributed by atoms with Crippen LogP contribution in [0.2, 0.25) is 0 Å². The van der Waals surface area contributed by atoms with Gasteiger partial charge in [0.2, 0.25) is 0 Å². The van der Waals surface area contributed by atoms with E-state index in [0.717, 1.165) is 33.2 Å². The van der Waals surface area contributed by atoms with Crippen molar-refractivity contribution >= 4 is 21.9 Å². The first-order valence-electron chi connectivity index (χ1n) is 10.1. The summed E-state index contributed by atoms with van der Waals surface area (Å²) in [5.41, 5.74) is 8.78. The highest BCUT2D eigenvalue weighted by Gasteiger charge is 2.15. The van der Waals surface area contributed by atoms with Gasteiger partial charge in [-0.25, -0.2) is 0 Å². The molecule has 5 rings (SSSR count). The molecule has 0 saturated carbocycles. The van der Waals surface area contributed by atoms with Gasteiger partial charge in [0.05, 0.1) is 5.69 Å². The van der Waals surface area contributed by atoms with Crippen LogP contribution < -0.4 is 0 Å². The van der Waals surface area contributed by atoms with Crippen molar-refractivity contribution in [2.75, 3.05) is 0 Å². The molecule has 2 heteroatoms. The van der Waals surface area contributed by atoms with E-state index in [1.165, 1.54) is 22.3 Å². The van der Waals surface area contributed by atoms with E-state index < -0.39 is 0 Å². The summed E-state index contributed by atoms with van der Waals surface area (Å²) in [6.45, 7) is 6.57. The Kier molecular flexibility index (Phi) is 4.21. The number of fused-ring (bicyclic) bond motifs is 3. The minimum Gasteiger partial charge on any atom is -0.455 e. The first-order valence-corrected chi connectivity index (χ1v) is 10.1. The number of para-hydroxylation sites is 1. The minimum atomic E-state index is 0.458. The van der Waals surface area contributed by atoms with E-state index in [1.807, 2.05) is 12.3 Å². The fourth-order valence-electron chi connectivity index (χ4n) is 4.12. The number of aryl methyl sites for hydroxylation is 1. The topological polar surface area (TPSA) is 26.0 Å². The van der Waals surface area contributed by atoms with Crippen LogP contribution in [0, 0.1) is 6.92 Å². The molecule has 2 heterocycles. The Hall–Kier alpha value is -3.39. The molecule has 0 atom stereocenters. The maximum absolute atomic E-state index is 6.32. The van der Waals surface area contributed by atoms with Gasteiger partial charge in [0.1, 0.15) is 11.2 Å². The number of pyridine rings is 1. The van der Waals surface area contributed by atoms with Gasteiger partial charge in [-0.1, -0.05) is 62.4 Å². The fraction of sp³-hybridized carbons (Fsp3) is 0.148. The fourth-order valence-corrected chi connectivity index (χ4v) is 4.12. The Morgan fingerprint density at radius 1 is 0.793 bits per heavy atom. The number of nitrogens with zero attached hydrogens (tertiary/aromatic N) is 1. The molecule has 5 aromatic rings. The van der Waals surface area contributed by atoms with Gasteiger partial charge in [-0.2, -0.15) is 0 Å². The summed E-state index contributed by atoms with van der Waals surface area (Å²) in [6, 6.07) is 25.4. The first-order chi connectivity index (χ1) is 14.1. The molecule has 0 saturated heterocycles. The van der Waals surface area contributed by atoms with Crippen molar-refractivity contribution < 1.29 is 4.42 Å². The van der Waals surface area contributed by atoms with Gasteiger partial charge < -0.3 is 4.42 Å². The summed E-state index contributed by atoms with van der Waals surface area (Å²) in [7, 11) is 0. The maximum Gasteiger partial charge on any atom is 0.144 e. The van der Waals surface area contributed by atoms with Crippen LogP contribution in [0.5, 0.6) is 0 Å². The van der Waals surface area contributed by atoms with E-state index in [9.17, 15) is 0 Å². The van der Waals surface area contributed by atoms with Crippen molar-refractivity contribution in [3.8, 4) is 22.4 Å². The Morgan fingerprint density at radius 2 is 1.62 bits per heavy atom. The molecule has 0 amide bonds. The van der Waals surface area contributed by atoms with Crippen molar-refractivity contribution in [3.05, 3.63) is 90.1 Å². The third kappa shape index (κ3) is 3.01. The van der Waals surface area contributed by atoms with Crippen LogP contribution in [-0.2, 0) is 0 Å². The lowest BCUT2D eigenvalue weighted by Crippen LogP contribution is -1.95. The third-order valence-corrected chi connectivity index (χ3v) is 5.65. The highest BCUT2D eigenvalue weighted by molar-refractivity contribution is 6.10. The second-order valence-electron chi connectivity index (χ2n) is 7.94. The Morgan fingerprint density at radius 3 is 2.41 bits per heavy atom. The molecule has 3 aromatic carbocycles. The van der Waals surface area contributed by atoms with Gasteiger partial charge in [0.15, 0.2) is 0 Å². The largest absolute Gasteiger partial charge is 0.455 e. The molecule has 2 nitrogen and oxygen atoms in total.